The lowest BCUT2D eigenvalue weighted by Gasteiger charge is -2.28. The van der Waals surface area contributed by atoms with Gasteiger partial charge in [-0.25, -0.2) is 0 Å². The van der Waals surface area contributed by atoms with Crippen molar-refractivity contribution in [3.63, 3.8) is 0 Å². The molecule has 0 amide bonds. The molecular weight excluding hydrogens is 198 g/mol. The standard InChI is InChI=1S/C14H25NO/c1-15-13(14(16-2)12-9-10-12)11-7-5-3-4-6-8-11/h7,12-15H,3-6,8-10H2,1-2H3. The molecule has 0 radical (unpaired) electrons. The summed E-state index contributed by atoms with van der Waals surface area (Å²) in [6, 6.07) is 0.454. The van der Waals surface area contributed by atoms with Crippen LogP contribution in [0.4, 0.5) is 0 Å². The Morgan fingerprint density at radius 1 is 1.31 bits per heavy atom. The summed E-state index contributed by atoms with van der Waals surface area (Å²) < 4.78 is 5.72. The minimum absolute atomic E-state index is 0.398. The first kappa shape index (κ1) is 12.1. The van der Waals surface area contributed by atoms with Gasteiger partial charge in [-0.2, -0.15) is 0 Å². The number of rotatable bonds is 5. The van der Waals surface area contributed by atoms with Crippen molar-refractivity contribution in [3.05, 3.63) is 11.6 Å². The molecule has 16 heavy (non-hydrogen) atoms. The van der Waals surface area contributed by atoms with Crippen molar-refractivity contribution in [1.29, 1.82) is 0 Å². The van der Waals surface area contributed by atoms with Gasteiger partial charge in [0.05, 0.1) is 12.1 Å². The van der Waals surface area contributed by atoms with Gasteiger partial charge in [-0.1, -0.05) is 18.1 Å². The van der Waals surface area contributed by atoms with E-state index in [0.717, 1.165) is 5.92 Å². The third-order valence-corrected chi connectivity index (χ3v) is 3.97. The van der Waals surface area contributed by atoms with Crippen LogP contribution in [0.1, 0.15) is 44.9 Å². The molecule has 2 aliphatic rings. The molecule has 0 aliphatic heterocycles. The highest BCUT2D eigenvalue weighted by Gasteiger charge is 2.37. The fourth-order valence-corrected chi connectivity index (χ4v) is 2.91. The van der Waals surface area contributed by atoms with Gasteiger partial charge in [0.25, 0.3) is 0 Å². The van der Waals surface area contributed by atoms with Crippen LogP contribution in [-0.4, -0.2) is 26.3 Å². The maximum Gasteiger partial charge on any atom is 0.0790 e. The summed E-state index contributed by atoms with van der Waals surface area (Å²) in [5.74, 6) is 0.798. The number of ether oxygens (including phenoxy) is 1. The van der Waals surface area contributed by atoms with E-state index in [-0.39, 0.29) is 0 Å². The fourth-order valence-electron chi connectivity index (χ4n) is 2.91. The molecule has 2 atom stereocenters. The Morgan fingerprint density at radius 3 is 2.75 bits per heavy atom. The zero-order valence-electron chi connectivity index (χ0n) is 10.7. The second-order valence-corrected chi connectivity index (χ2v) is 5.18. The lowest BCUT2D eigenvalue weighted by molar-refractivity contribution is 0.0625. The lowest BCUT2D eigenvalue weighted by atomic mass is 9.94. The van der Waals surface area contributed by atoms with Crippen LogP contribution in [0.15, 0.2) is 11.6 Å². The SMILES string of the molecule is CNC(C1=CCCCCC1)C(OC)C1CC1. The number of hydrogen-bond donors (Lipinski definition) is 1. The second-order valence-electron chi connectivity index (χ2n) is 5.18. The average molecular weight is 223 g/mol. The molecule has 0 aromatic carbocycles. The molecular formula is C14H25NO. The average Bonchev–Trinajstić information content (AvgIpc) is 3.11. The van der Waals surface area contributed by atoms with E-state index in [1.54, 1.807) is 5.57 Å². The highest BCUT2D eigenvalue weighted by molar-refractivity contribution is 5.16. The topological polar surface area (TPSA) is 21.3 Å². The van der Waals surface area contributed by atoms with E-state index in [1.165, 1.54) is 44.9 Å². The van der Waals surface area contributed by atoms with Crippen molar-refractivity contribution >= 4 is 0 Å². The van der Waals surface area contributed by atoms with Crippen molar-refractivity contribution in [1.82, 2.24) is 5.32 Å². The summed E-state index contributed by atoms with van der Waals surface area (Å²) in [4.78, 5) is 0. The van der Waals surface area contributed by atoms with Crippen LogP contribution in [0, 0.1) is 5.92 Å². The molecule has 0 aromatic rings. The molecule has 2 rings (SSSR count). The van der Waals surface area contributed by atoms with Crippen LogP contribution in [0.2, 0.25) is 0 Å². The molecule has 0 heterocycles. The quantitative estimate of drug-likeness (QED) is 0.724. The van der Waals surface area contributed by atoms with Crippen LogP contribution in [0.25, 0.3) is 0 Å². The monoisotopic (exact) mass is 223 g/mol. The van der Waals surface area contributed by atoms with Crippen LogP contribution < -0.4 is 5.32 Å². The first-order valence-electron chi connectivity index (χ1n) is 6.75. The van der Waals surface area contributed by atoms with Gasteiger partial charge in [-0.3, -0.25) is 0 Å². The molecule has 92 valence electrons. The first-order chi connectivity index (χ1) is 7.86. The Hall–Kier alpha value is -0.340. The van der Waals surface area contributed by atoms with E-state index in [2.05, 4.69) is 18.4 Å². The largest absolute Gasteiger partial charge is 0.379 e. The molecule has 0 bridgehead atoms. The van der Waals surface area contributed by atoms with Gasteiger partial charge in [0, 0.05) is 7.11 Å². The minimum Gasteiger partial charge on any atom is -0.379 e. The van der Waals surface area contributed by atoms with E-state index in [1.807, 2.05) is 7.11 Å². The van der Waals surface area contributed by atoms with Gasteiger partial charge in [-0.15, -0.1) is 0 Å². The summed E-state index contributed by atoms with van der Waals surface area (Å²) >= 11 is 0. The second kappa shape index (κ2) is 5.83. The van der Waals surface area contributed by atoms with E-state index in [0.29, 0.717) is 12.1 Å². The summed E-state index contributed by atoms with van der Waals surface area (Å²) in [6.45, 7) is 0. The van der Waals surface area contributed by atoms with E-state index in [9.17, 15) is 0 Å². The normalized spacial score (nSPS) is 25.8. The third-order valence-electron chi connectivity index (χ3n) is 3.97. The Bertz CT molecular complexity index is 245. The van der Waals surface area contributed by atoms with Gasteiger partial charge in [0.1, 0.15) is 0 Å². The van der Waals surface area contributed by atoms with Gasteiger partial charge >= 0.3 is 0 Å². The van der Waals surface area contributed by atoms with Crippen LogP contribution in [0.3, 0.4) is 0 Å². The maximum absolute atomic E-state index is 5.72. The maximum atomic E-state index is 5.72. The van der Waals surface area contributed by atoms with Crippen molar-refractivity contribution in [2.24, 2.45) is 5.92 Å². The van der Waals surface area contributed by atoms with Crippen molar-refractivity contribution in [2.75, 3.05) is 14.2 Å². The molecule has 0 spiro atoms. The van der Waals surface area contributed by atoms with Crippen molar-refractivity contribution < 1.29 is 4.74 Å². The Labute approximate surface area is 99.4 Å². The Kier molecular flexibility index (Phi) is 4.42. The molecule has 2 heteroatoms. The molecule has 1 fully saturated rings. The zero-order chi connectivity index (χ0) is 11.4. The predicted molar refractivity (Wildman–Crippen MR) is 67.5 cm³/mol. The molecule has 0 saturated heterocycles. The van der Waals surface area contributed by atoms with Crippen molar-refractivity contribution in [2.45, 2.75) is 57.1 Å². The van der Waals surface area contributed by atoms with Gasteiger partial charge in [0.15, 0.2) is 0 Å². The molecule has 2 unspecified atom stereocenters. The molecule has 2 nitrogen and oxygen atoms in total. The van der Waals surface area contributed by atoms with Gasteiger partial charge in [0.2, 0.25) is 0 Å². The summed E-state index contributed by atoms with van der Waals surface area (Å²) in [7, 11) is 3.94. The summed E-state index contributed by atoms with van der Waals surface area (Å²) in [5, 5.41) is 3.48. The highest BCUT2D eigenvalue weighted by Crippen LogP contribution is 2.38. The molecule has 1 saturated carbocycles. The highest BCUT2D eigenvalue weighted by atomic mass is 16.5. The van der Waals surface area contributed by atoms with Crippen LogP contribution in [0.5, 0.6) is 0 Å². The zero-order valence-corrected chi connectivity index (χ0v) is 10.7. The first-order valence-corrected chi connectivity index (χ1v) is 6.75. The van der Waals surface area contributed by atoms with E-state index >= 15 is 0 Å². The summed E-state index contributed by atoms with van der Waals surface area (Å²) in [6.07, 6.45) is 12.2. The van der Waals surface area contributed by atoms with E-state index < -0.39 is 0 Å². The Morgan fingerprint density at radius 2 is 2.12 bits per heavy atom. The lowest BCUT2D eigenvalue weighted by Crippen LogP contribution is -2.41. The van der Waals surface area contributed by atoms with Crippen LogP contribution >= 0.6 is 0 Å². The fraction of sp³-hybridized carbons (Fsp3) is 0.857. The predicted octanol–water partition coefficient (Wildman–Crippen LogP) is 2.89. The molecule has 1 N–H and O–H groups in total. The third kappa shape index (κ3) is 2.86. The number of hydrogen-bond acceptors (Lipinski definition) is 2. The smallest absolute Gasteiger partial charge is 0.0790 e. The Balaban J connectivity index is 2.03. The number of likely N-dealkylation sites (N-methyl/N-ethyl adjacent to an activating group) is 1. The number of nitrogens with one attached hydrogen (secondary N) is 1. The molecule has 2 aliphatic carbocycles. The van der Waals surface area contributed by atoms with Crippen molar-refractivity contribution in [3.8, 4) is 0 Å². The minimum atomic E-state index is 0.398. The van der Waals surface area contributed by atoms with Gasteiger partial charge < -0.3 is 10.1 Å². The number of methoxy groups -OCH3 is 1. The summed E-state index contributed by atoms with van der Waals surface area (Å²) in [5.41, 5.74) is 1.60. The van der Waals surface area contributed by atoms with E-state index in [4.69, 9.17) is 4.74 Å². The molecule has 0 aromatic heterocycles. The van der Waals surface area contributed by atoms with Gasteiger partial charge in [-0.05, 0) is 51.5 Å². The number of allylic oxidation sites excluding steroid dienone is 1. The van der Waals surface area contributed by atoms with Crippen LogP contribution in [-0.2, 0) is 4.74 Å².